The zero-order chi connectivity index (χ0) is 11.3. The fraction of sp³-hybridized carbons (Fsp3) is 0.909. The quantitative estimate of drug-likeness (QED) is 0.449. The second-order valence-electron chi connectivity index (χ2n) is 4.95. The van der Waals surface area contributed by atoms with Crippen molar-refractivity contribution in [3.63, 3.8) is 0 Å². The molecule has 0 radical (unpaired) electrons. The number of hydrogen-bond donors (Lipinski definition) is 3. The van der Waals surface area contributed by atoms with Crippen LogP contribution in [-0.2, 0) is 0 Å². The molecular formula is C11H23N3O. The molecule has 0 spiro atoms. The van der Waals surface area contributed by atoms with Crippen LogP contribution in [0.4, 0.5) is 0 Å². The second-order valence-corrected chi connectivity index (χ2v) is 4.95. The molecule has 4 N–H and O–H groups in total. The summed E-state index contributed by atoms with van der Waals surface area (Å²) in [6.07, 6.45) is 3.21. The second kappa shape index (κ2) is 5.35. The topological polar surface area (TPSA) is 70.6 Å². The van der Waals surface area contributed by atoms with Crippen molar-refractivity contribution in [3.05, 3.63) is 0 Å². The maximum absolute atomic E-state index is 8.89. The van der Waals surface area contributed by atoms with Gasteiger partial charge in [0.25, 0.3) is 0 Å². The molecule has 0 bridgehead atoms. The van der Waals surface area contributed by atoms with E-state index in [-0.39, 0.29) is 12.0 Å². The van der Waals surface area contributed by atoms with E-state index in [1.54, 1.807) is 0 Å². The summed E-state index contributed by atoms with van der Waals surface area (Å²) in [5.41, 5.74) is 5.99. The number of nitrogens with two attached hydrogens (primary N) is 1. The van der Waals surface area contributed by atoms with E-state index in [1.807, 2.05) is 0 Å². The highest BCUT2D eigenvalue weighted by Gasteiger charge is 2.41. The van der Waals surface area contributed by atoms with E-state index in [0.717, 1.165) is 19.5 Å². The molecule has 0 aromatic rings. The first-order valence-electron chi connectivity index (χ1n) is 5.73. The van der Waals surface area contributed by atoms with E-state index >= 15 is 0 Å². The zero-order valence-corrected chi connectivity index (χ0v) is 9.79. The summed E-state index contributed by atoms with van der Waals surface area (Å²) in [6, 6.07) is 0. The molecule has 0 amide bonds. The molecule has 0 saturated heterocycles. The summed E-state index contributed by atoms with van der Waals surface area (Å²) in [5, 5.41) is 12.0. The van der Waals surface area contributed by atoms with Crippen molar-refractivity contribution in [2.75, 3.05) is 19.7 Å². The first kappa shape index (κ1) is 12.3. The van der Waals surface area contributed by atoms with E-state index < -0.39 is 0 Å². The van der Waals surface area contributed by atoms with E-state index in [2.05, 4.69) is 24.2 Å². The highest BCUT2D eigenvalue weighted by molar-refractivity contribution is 5.77. The molecule has 0 aromatic carbocycles. The van der Waals surface area contributed by atoms with Gasteiger partial charge >= 0.3 is 0 Å². The monoisotopic (exact) mass is 213 g/mol. The van der Waals surface area contributed by atoms with Crippen molar-refractivity contribution in [3.8, 4) is 0 Å². The van der Waals surface area contributed by atoms with Crippen molar-refractivity contribution >= 4 is 5.96 Å². The average molecular weight is 213 g/mol. The molecule has 0 heterocycles. The van der Waals surface area contributed by atoms with Crippen LogP contribution in [0.5, 0.6) is 0 Å². The summed E-state index contributed by atoms with van der Waals surface area (Å²) in [5.74, 6) is 1.11. The molecule has 1 aliphatic carbocycles. The lowest BCUT2D eigenvalue weighted by Gasteiger charge is -2.12. The Morgan fingerprint density at radius 2 is 2.20 bits per heavy atom. The van der Waals surface area contributed by atoms with Crippen LogP contribution < -0.4 is 11.1 Å². The van der Waals surface area contributed by atoms with Gasteiger partial charge in [-0.2, -0.15) is 0 Å². The standard InChI is InChI=1S/C11H23N3O/c1-9(2)7-13-10(12)14-8-11(3-4-11)5-6-15/h9,15H,3-8H2,1-2H3,(H3,12,13,14). The molecule has 4 nitrogen and oxygen atoms in total. The first-order valence-corrected chi connectivity index (χ1v) is 5.73. The van der Waals surface area contributed by atoms with Crippen LogP contribution in [0.1, 0.15) is 33.1 Å². The highest BCUT2D eigenvalue weighted by Crippen LogP contribution is 2.48. The van der Waals surface area contributed by atoms with Gasteiger partial charge in [0.15, 0.2) is 5.96 Å². The Morgan fingerprint density at radius 3 is 2.67 bits per heavy atom. The molecular weight excluding hydrogens is 190 g/mol. The molecule has 1 fully saturated rings. The molecule has 0 aliphatic heterocycles. The van der Waals surface area contributed by atoms with Gasteiger partial charge in [-0.15, -0.1) is 0 Å². The molecule has 0 unspecified atom stereocenters. The maximum atomic E-state index is 8.89. The van der Waals surface area contributed by atoms with Crippen LogP contribution in [-0.4, -0.2) is 30.8 Å². The lowest BCUT2D eigenvalue weighted by atomic mass is 10.0. The first-order chi connectivity index (χ1) is 7.08. The molecule has 0 atom stereocenters. The number of hydrogen-bond acceptors (Lipinski definition) is 2. The van der Waals surface area contributed by atoms with Crippen molar-refractivity contribution in [1.82, 2.24) is 5.32 Å². The van der Waals surface area contributed by atoms with E-state index in [1.165, 1.54) is 12.8 Å². The number of guanidine groups is 1. The third-order valence-electron chi connectivity index (χ3n) is 2.88. The van der Waals surface area contributed by atoms with Crippen LogP contribution in [0.15, 0.2) is 4.99 Å². The summed E-state index contributed by atoms with van der Waals surface area (Å²) in [6.45, 7) is 6.14. The number of rotatable bonds is 6. The predicted molar refractivity (Wildman–Crippen MR) is 62.7 cm³/mol. The van der Waals surface area contributed by atoms with Gasteiger partial charge < -0.3 is 16.2 Å². The number of aliphatic hydroxyl groups excluding tert-OH is 1. The van der Waals surface area contributed by atoms with Gasteiger partial charge in [-0.1, -0.05) is 13.8 Å². The highest BCUT2D eigenvalue weighted by atomic mass is 16.3. The van der Waals surface area contributed by atoms with Gasteiger partial charge in [0.05, 0.1) is 0 Å². The number of aliphatic imine (C=N–C) groups is 1. The van der Waals surface area contributed by atoms with E-state index in [0.29, 0.717) is 11.9 Å². The molecule has 15 heavy (non-hydrogen) atoms. The van der Waals surface area contributed by atoms with E-state index in [9.17, 15) is 0 Å². The van der Waals surface area contributed by atoms with Crippen molar-refractivity contribution in [1.29, 1.82) is 0 Å². The van der Waals surface area contributed by atoms with Crippen LogP contribution >= 0.6 is 0 Å². The zero-order valence-electron chi connectivity index (χ0n) is 9.79. The van der Waals surface area contributed by atoms with Crippen LogP contribution in [0.3, 0.4) is 0 Å². The minimum atomic E-state index is 0.259. The minimum Gasteiger partial charge on any atom is -0.396 e. The van der Waals surface area contributed by atoms with E-state index in [4.69, 9.17) is 10.8 Å². The van der Waals surface area contributed by atoms with Gasteiger partial charge in [-0.05, 0) is 30.6 Å². The van der Waals surface area contributed by atoms with Gasteiger partial charge in [-0.25, -0.2) is 0 Å². The van der Waals surface area contributed by atoms with Crippen molar-refractivity contribution in [2.45, 2.75) is 33.1 Å². The lowest BCUT2D eigenvalue weighted by Crippen LogP contribution is -2.35. The average Bonchev–Trinajstić information content (AvgIpc) is 2.93. The fourth-order valence-corrected chi connectivity index (χ4v) is 1.52. The summed E-state index contributed by atoms with van der Waals surface area (Å²) in [4.78, 5) is 4.32. The lowest BCUT2D eigenvalue weighted by molar-refractivity contribution is 0.251. The Morgan fingerprint density at radius 1 is 1.53 bits per heavy atom. The Bertz CT molecular complexity index is 222. The molecule has 1 aliphatic rings. The van der Waals surface area contributed by atoms with Gasteiger partial charge in [-0.3, -0.25) is 4.99 Å². The van der Waals surface area contributed by atoms with Crippen molar-refractivity contribution in [2.24, 2.45) is 22.1 Å². The Hall–Kier alpha value is -0.770. The predicted octanol–water partition coefficient (Wildman–Crippen LogP) is 0.709. The van der Waals surface area contributed by atoms with Gasteiger partial charge in [0.1, 0.15) is 0 Å². The summed E-state index contributed by atoms with van der Waals surface area (Å²) >= 11 is 0. The number of nitrogens with zero attached hydrogens (tertiary/aromatic N) is 1. The summed E-state index contributed by atoms with van der Waals surface area (Å²) < 4.78 is 0. The fourth-order valence-electron chi connectivity index (χ4n) is 1.52. The normalized spacial score (nSPS) is 19.3. The Balaban J connectivity index is 2.24. The van der Waals surface area contributed by atoms with Gasteiger partial charge in [0.2, 0.25) is 0 Å². The third-order valence-corrected chi connectivity index (χ3v) is 2.88. The largest absolute Gasteiger partial charge is 0.396 e. The summed E-state index contributed by atoms with van der Waals surface area (Å²) in [7, 11) is 0. The smallest absolute Gasteiger partial charge is 0.188 e. The van der Waals surface area contributed by atoms with Gasteiger partial charge in [0, 0.05) is 19.7 Å². The maximum Gasteiger partial charge on any atom is 0.188 e. The SMILES string of the molecule is CC(C)CNC(N)=NCC1(CCO)CC1. The molecule has 4 heteroatoms. The van der Waals surface area contributed by atoms with Crippen LogP contribution in [0, 0.1) is 11.3 Å². The molecule has 0 aromatic heterocycles. The van der Waals surface area contributed by atoms with Crippen LogP contribution in [0.2, 0.25) is 0 Å². The van der Waals surface area contributed by atoms with Crippen molar-refractivity contribution < 1.29 is 5.11 Å². The number of nitrogens with one attached hydrogen (secondary N) is 1. The third kappa shape index (κ3) is 4.51. The molecule has 1 rings (SSSR count). The van der Waals surface area contributed by atoms with Crippen LogP contribution in [0.25, 0.3) is 0 Å². The minimum absolute atomic E-state index is 0.259. The molecule has 1 saturated carbocycles. The Kier molecular flexibility index (Phi) is 4.39. The molecule has 88 valence electrons. The number of aliphatic hydroxyl groups is 1. The Labute approximate surface area is 92.0 Å².